The van der Waals surface area contributed by atoms with E-state index >= 15 is 0 Å². The lowest BCUT2D eigenvalue weighted by Gasteiger charge is -2.13. The van der Waals surface area contributed by atoms with Gasteiger partial charge in [0.25, 0.3) is 0 Å². The van der Waals surface area contributed by atoms with Gasteiger partial charge in [-0.25, -0.2) is 0 Å². The Hall–Kier alpha value is -2.42. The van der Waals surface area contributed by atoms with Crippen LogP contribution in [0.25, 0.3) is 32.3 Å². The number of benzene rings is 4. The Kier molecular flexibility index (Phi) is 2.45. The molecule has 2 nitrogen and oxygen atoms in total. The first kappa shape index (κ1) is 13.1. The molecule has 5 rings (SSSR count). The van der Waals surface area contributed by atoms with E-state index in [0.717, 1.165) is 38.2 Å². The fourth-order valence-corrected chi connectivity index (χ4v) is 4.14. The van der Waals surface area contributed by atoms with Crippen LogP contribution in [0.3, 0.4) is 0 Å². The molecule has 0 amide bonds. The highest BCUT2D eigenvalue weighted by atomic mass is 16.3. The Morgan fingerprint density at radius 3 is 2.30 bits per heavy atom. The van der Waals surface area contributed by atoms with E-state index in [0.29, 0.717) is 0 Å². The summed E-state index contributed by atoms with van der Waals surface area (Å²) in [7, 11) is 0. The molecule has 0 unspecified atom stereocenters. The second-order valence-electron chi connectivity index (χ2n) is 6.46. The van der Waals surface area contributed by atoms with Crippen LogP contribution in [-0.2, 0) is 0 Å². The highest BCUT2D eigenvalue weighted by molar-refractivity contribution is 6.15. The van der Waals surface area contributed by atoms with Gasteiger partial charge in [-0.2, -0.15) is 0 Å². The number of rotatable bonds is 0. The first-order valence-corrected chi connectivity index (χ1v) is 7.90. The van der Waals surface area contributed by atoms with Gasteiger partial charge in [0.2, 0.25) is 0 Å². The van der Waals surface area contributed by atoms with Crippen LogP contribution in [0.1, 0.15) is 28.9 Å². The molecule has 23 heavy (non-hydrogen) atoms. The van der Waals surface area contributed by atoms with Gasteiger partial charge in [-0.05, 0) is 62.0 Å². The Morgan fingerprint density at radius 2 is 1.43 bits per heavy atom. The van der Waals surface area contributed by atoms with Gasteiger partial charge in [-0.1, -0.05) is 48.5 Å². The van der Waals surface area contributed by atoms with E-state index in [9.17, 15) is 10.2 Å². The van der Waals surface area contributed by atoms with Crippen LogP contribution in [0.5, 0.6) is 0 Å². The molecule has 0 heterocycles. The molecule has 0 aromatic heterocycles. The zero-order chi connectivity index (χ0) is 15.7. The van der Waals surface area contributed by atoms with Crippen molar-refractivity contribution in [1.82, 2.24) is 0 Å². The summed E-state index contributed by atoms with van der Waals surface area (Å²) in [6.45, 7) is 1.99. The zero-order valence-electron chi connectivity index (χ0n) is 12.7. The van der Waals surface area contributed by atoms with Crippen molar-refractivity contribution in [2.75, 3.05) is 0 Å². The van der Waals surface area contributed by atoms with Crippen LogP contribution < -0.4 is 0 Å². The summed E-state index contributed by atoms with van der Waals surface area (Å²) in [6, 6.07) is 18.7. The van der Waals surface area contributed by atoms with Crippen LogP contribution in [0.2, 0.25) is 0 Å². The third-order valence-electron chi connectivity index (χ3n) is 5.22. The molecule has 1 aliphatic rings. The van der Waals surface area contributed by atoms with E-state index in [2.05, 4.69) is 36.4 Å². The predicted molar refractivity (Wildman–Crippen MR) is 93.6 cm³/mol. The maximum Gasteiger partial charge on any atom is 0.110 e. The molecule has 0 bridgehead atoms. The van der Waals surface area contributed by atoms with E-state index in [1.54, 1.807) is 0 Å². The molecule has 0 saturated carbocycles. The van der Waals surface area contributed by atoms with E-state index in [1.165, 1.54) is 10.8 Å². The third kappa shape index (κ3) is 1.55. The molecule has 2 atom stereocenters. The van der Waals surface area contributed by atoms with E-state index < -0.39 is 12.2 Å². The van der Waals surface area contributed by atoms with Crippen molar-refractivity contribution in [2.45, 2.75) is 19.1 Å². The van der Waals surface area contributed by atoms with Crippen molar-refractivity contribution < 1.29 is 10.2 Å². The molecule has 0 spiro atoms. The van der Waals surface area contributed by atoms with Crippen LogP contribution >= 0.6 is 0 Å². The van der Waals surface area contributed by atoms with Crippen molar-refractivity contribution in [3.63, 3.8) is 0 Å². The lowest BCUT2D eigenvalue weighted by Crippen LogP contribution is -2.04. The molecular formula is C21H16O2. The van der Waals surface area contributed by atoms with Gasteiger partial charge in [0, 0.05) is 0 Å². The number of hydrogen-bond acceptors (Lipinski definition) is 2. The summed E-state index contributed by atoms with van der Waals surface area (Å²) in [5.74, 6) is 0. The summed E-state index contributed by atoms with van der Waals surface area (Å²) >= 11 is 0. The minimum absolute atomic E-state index is 0.842. The maximum atomic E-state index is 10.7. The standard InChI is InChI=1S/C21H16O2/c1-11-6-7-13-10-16-14-5-3-2-4-12(14)8-9-15(16)19-18(13)17(11)20(22)21(19)23/h2-10,20-23H,1H3/t20-,21-/m0/s1. The summed E-state index contributed by atoms with van der Waals surface area (Å²) in [6.07, 6.45) is -1.70. The minimum Gasteiger partial charge on any atom is -0.385 e. The lowest BCUT2D eigenvalue weighted by atomic mass is 9.93. The number of aryl methyl sites for hydroxylation is 1. The number of hydrogen-bond donors (Lipinski definition) is 2. The van der Waals surface area contributed by atoms with Gasteiger partial charge in [-0.15, -0.1) is 0 Å². The maximum absolute atomic E-state index is 10.7. The minimum atomic E-state index is -0.863. The molecule has 4 aromatic carbocycles. The Balaban J connectivity index is 2.08. The average molecular weight is 300 g/mol. The Labute approximate surface area is 133 Å². The smallest absolute Gasteiger partial charge is 0.110 e. The normalized spacial score (nSPS) is 20.0. The van der Waals surface area contributed by atoms with Gasteiger partial charge < -0.3 is 10.2 Å². The first-order chi connectivity index (χ1) is 11.2. The van der Waals surface area contributed by atoms with Crippen molar-refractivity contribution in [3.8, 4) is 0 Å². The highest BCUT2D eigenvalue weighted by Gasteiger charge is 2.34. The summed E-state index contributed by atoms with van der Waals surface area (Å²) in [5.41, 5.74) is 2.78. The molecule has 0 aliphatic heterocycles. The lowest BCUT2D eigenvalue weighted by molar-refractivity contribution is 0.0257. The van der Waals surface area contributed by atoms with Crippen molar-refractivity contribution >= 4 is 32.3 Å². The topological polar surface area (TPSA) is 40.5 Å². The second kappa shape index (κ2) is 4.31. The largest absolute Gasteiger partial charge is 0.385 e. The van der Waals surface area contributed by atoms with Crippen LogP contribution in [0.4, 0.5) is 0 Å². The summed E-state index contributed by atoms with van der Waals surface area (Å²) in [5, 5.41) is 27.9. The second-order valence-corrected chi connectivity index (χ2v) is 6.46. The van der Waals surface area contributed by atoms with Crippen molar-refractivity contribution in [2.24, 2.45) is 0 Å². The third-order valence-corrected chi connectivity index (χ3v) is 5.22. The first-order valence-electron chi connectivity index (χ1n) is 7.90. The van der Waals surface area contributed by atoms with Gasteiger partial charge in [0.05, 0.1) is 0 Å². The predicted octanol–water partition coefficient (Wildman–Crippen LogP) is 4.54. The van der Waals surface area contributed by atoms with Crippen LogP contribution in [0.15, 0.2) is 54.6 Å². The molecule has 0 radical (unpaired) electrons. The summed E-state index contributed by atoms with van der Waals surface area (Å²) < 4.78 is 0. The van der Waals surface area contributed by atoms with E-state index in [1.807, 2.05) is 25.1 Å². The SMILES string of the molecule is Cc1ccc2cc3c(ccc4ccccc43)c3c2c1[C@H](O)[C@H]3O. The number of fused-ring (bicyclic) bond motifs is 4. The van der Waals surface area contributed by atoms with Gasteiger partial charge in [-0.3, -0.25) is 0 Å². The average Bonchev–Trinajstić information content (AvgIpc) is 2.85. The molecule has 0 fully saturated rings. The van der Waals surface area contributed by atoms with E-state index in [-0.39, 0.29) is 0 Å². The van der Waals surface area contributed by atoms with Crippen molar-refractivity contribution in [3.05, 3.63) is 71.3 Å². The molecule has 2 N–H and O–H groups in total. The van der Waals surface area contributed by atoms with Crippen molar-refractivity contribution in [1.29, 1.82) is 0 Å². The number of aliphatic hydroxyl groups excluding tert-OH is 2. The molecular weight excluding hydrogens is 284 g/mol. The fraction of sp³-hybridized carbons (Fsp3) is 0.143. The van der Waals surface area contributed by atoms with Crippen LogP contribution in [-0.4, -0.2) is 10.2 Å². The van der Waals surface area contributed by atoms with Gasteiger partial charge in [0.1, 0.15) is 12.2 Å². The molecule has 4 aromatic rings. The molecule has 2 heteroatoms. The van der Waals surface area contributed by atoms with Crippen LogP contribution in [0, 0.1) is 6.92 Å². The zero-order valence-corrected chi connectivity index (χ0v) is 12.7. The number of aliphatic hydroxyl groups is 2. The quantitative estimate of drug-likeness (QED) is 0.370. The Bertz CT molecular complexity index is 1110. The molecule has 112 valence electrons. The highest BCUT2D eigenvalue weighted by Crippen LogP contribution is 2.49. The fourth-order valence-electron chi connectivity index (χ4n) is 4.14. The molecule has 0 saturated heterocycles. The van der Waals surface area contributed by atoms with E-state index in [4.69, 9.17) is 0 Å². The van der Waals surface area contributed by atoms with Gasteiger partial charge in [0.15, 0.2) is 0 Å². The summed E-state index contributed by atoms with van der Waals surface area (Å²) in [4.78, 5) is 0. The Morgan fingerprint density at radius 1 is 0.696 bits per heavy atom. The van der Waals surface area contributed by atoms with Gasteiger partial charge >= 0.3 is 0 Å². The monoisotopic (exact) mass is 300 g/mol. The molecule has 1 aliphatic carbocycles.